The van der Waals surface area contributed by atoms with Gasteiger partial charge in [-0.3, -0.25) is 9.79 Å². The molecule has 1 amide bonds. The molecule has 1 heterocycles. The average Bonchev–Trinajstić information content (AvgIpc) is 2.48. The fraction of sp³-hybridized carbons (Fsp3) is 0.857. The highest BCUT2D eigenvalue weighted by molar-refractivity contribution is 14.0. The molecule has 24 heavy (non-hydrogen) atoms. The van der Waals surface area contributed by atoms with Crippen molar-refractivity contribution >= 4 is 45.7 Å². The first-order chi connectivity index (χ1) is 10.8. The van der Waals surface area contributed by atoms with E-state index in [0.717, 1.165) is 25.6 Å². The number of guanidine groups is 1. The zero-order valence-corrected chi connectivity index (χ0v) is 17.8. The second-order valence-electron chi connectivity index (χ2n) is 5.47. The predicted octanol–water partition coefficient (Wildman–Crippen LogP) is -0.205. The standard InChI is InChI=1S/C14H28N4O4S.HI/c1-4-15-14(16-5-10-22-11-12-23(3,20)21)18-8-6-17(7-9-18)13(2)19;/h4-12H2,1-3H3,(H,15,16);1H. The number of nitrogens with one attached hydrogen (secondary N) is 1. The van der Waals surface area contributed by atoms with Crippen molar-refractivity contribution in [1.29, 1.82) is 0 Å². The van der Waals surface area contributed by atoms with Crippen molar-refractivity contribution in [3.05, 3.63) is 0 Å². The molecule has 1 fully saturated rings. The third-order valence-electron chi connectivity index (χ3n) is 3.46. The zero-order chi connectivity index (χ0) is 17.3. The number of hydrogen-bond donors (Lipinski definition) is 1. The number of ether oxygens (including phenoxy) is 1. The van der Waals surface area contributed by atoms with Crippen molar-refractivity contribution < 1.29 is 17.9 Å². The van der Waals surface area contributed by atoms with E-state index in [1.165, 1.54) is 6.26 Å². The Bertz CT molecular complexity index is 505. The molecule has 0 atom stereocenters. The van der Waals surface area contributed by atoms with Gasteiger partial charge in [-0.25, -0.2) is 8.42 Å². The number of amides is 1. The second-order valence-corrected chi connectivity index (χ2v) is 7.73. The van der Waals surface area contributed by atoms with E-state index in [0.29, 0.717) is 26.2 Å². The van der Waals surface area contributed by atoms with Gasteiger partial charge in [0.25, 0.3) is 0 Å². The summed E-state index contributed by atoms with van der Waals surface area (Å²) in [5.41, 5.74) is 0. The van der Waals surface area contributed by atoms with Crippen molar-refractivity contribution in [2.24, 2.45) is 4.99 Å². The molecule has 0 radical (unpaired) electrons. The van der Waals surface area contributed by atoms with Crippen LogP contribution in [0.2, 0.25) is 0 Å². The number of nitrogens with zero attached hydrogens (tertiary/aromatic N) is 3. The Labute approximate surface area is 161 Å². The van der Waals surface area contributed by atoms with Crippen molar-refractivity contribution in [3.63, 3.8) is 0 Å². The van der Waals surface area contributed by atoms with E-state index in [1.54, 1.807) is 6.92 Å². The topological polar surface area (TPSA) is 91.3 Å². The smallest absolute Gasteiger partial charge is 0.219 e. The quantitative estimate of drug-likeness (QED) is 0.237. The summed E-state index contributed by atoms with van der Waals surface area (Å²) in [6, 6.07) is 0. The lowest BCUT2D eigenvalue weighted by Crippen LogP contribution is -2.53. The molecule has 0 bridgehead atoms. The normalized spacial score (nSPS) is 15.9. The van der Waals surface area contributed by atoms with E-state index in [4.69, 9.17) is 4.74 Å². The van der Waals surface area contributed by atoms with Gasteiger partial charge in [-0.1, -0.05) is 0 Å². The van der Waals surface area contributed by atoms with Crippen molar-refractivity contribution in [2.45, 2.75) is 13.8 Å². The molecule has 0 spiro atoms. The molecule has 1 saturated heterocycles. The van der Waals surface area contributed by atoms with E-state index in [-0.39, 0.29) is 42.2 Å². The van der Waals surface area contributed by atoms with Gasteiger partial charge in [0.05, 0.1) is 25.5 Å². The second kappa shape index (κ2) is 11.9. The zero-order valence-electron chi connectivity index (χ0n) is 14.7. The van der Waals surface area contributed by atoms with Gasteiger partial charge in [-0.05, 0) is 6.92 Å². The maximum atomic E-state index is 11.3. The maximum absolute atomic E-state index is 11.3. The Kier molecular flexibility index (Phi) is 11.5. The van der Waals surface area contributed by atoms with E-state index >= 15 is 0 Å². The van der Waals surface area contributed by atoms with Gasteiger partial charge in [0, 0.05) is 45.9 Å². The Balaban J connectivity index is 0.00000529. The number of piperazine rings is 1. The number of carbonyl (C=O) groups excluding carboxylic acids is 1. The number of rotatable bonds is 7. The van der Waals surface area contributed by atoms with Gasteiger partial charge < -0.3 is 19.9 Å². The predicted molar refractivity (Wildman–Crippen MR) is 106 cm³/mol. The van der Waals surface area contributed by atoms with E-state index in [1.807, 2.05) is 11.8 Å². The molecule has 0 saturated carbocycles. The summed E-state index contributed by atoms with van der Waals surface area (Å²) in [7, 11) is -2.98. The third kappa shape index (κ3) is 9.62. The van der Waals surface area contributed by atoms with Crippen LogP contribution in [0.3, 0.4) is 0 Å². The van der Waals surface area contributed by atoms with Crippen LogP contribution in [0, 0.1) is 0 Å². The van der Waals surface area contributed by atoms with Crippen LogP contribution < -0.4 is 5.32 Å². The number of sulfone groups is 1. The lowest BCUT2D eigenvalue weighted by atomic mass is 10.3. The molecule has 1 aliphatic heterocycles. The van der Waals surface area contributed by atoms with Gasteiger partial charge in [0.15, 0.2) is 5.96 Å². The SMILES string of the molecule is CCNC(=NCCOCCS(C)(=O)=O)N1CCN(C(C)=O)CC1.I. The highest BCUT2D eigenvalue weighted by Gasteiger charge is 2.20. The lowest BCUT2D eigenvalue weighted by molar-refractivity contribution is -0.130. The van der Waals surface area contributed by atoms with Gasteiger partial charge in [-0.15, -0.1) is 24.0 Å². The molecule has 1 aliphatic rings. The molecule has 8 nitrogen and oxygen atoms in total. The molecule has 10 heteroatoms. The van der Waals surface area contributed by atoms with Crippen LogP contribution in [-0.4, -0.2) is 94.6 Å². The monoisotopic (exact) mass is 476 g/mol. The largest absolute Gasteiger partial charge is 0.378 e. The molecule has 0 aromatic carbocycles. The van der Waals surface area contributed by atoms with Crippen LogP contribution in [0.5, 0.6) is 0 Å². The number of hydrogen-bond acceptors (Lipinski definition) is 5. The summed E-state index contributed by atoms with van der Waals surface area (Å²) in [6.07, 6.45) is 1.19. The first-order valence-electron chi connectivity index (χ1n) is 7.87. The van der Waals surface area contributed by atoms with Crippen LogP contribution in [-0.2, 0) is 19.4 Å². The van der Waals surface area contributed by atoms with Crippen LogP contribution in [0.25, 0.3) is 0 Å². The Hall–Kier alpha value is -0.620. The van der Waals surface area contributed by atoms with Gasteiger partial charge >= 0.3 is 0 Å². The maximum Gasteiger partial charge on any atom is 0.219 e. The lowest BCUT2D eigenvalue weighted by Gasteiger charge is -2.36. The van der Waals surface area contributed by atoms with Crippen molar-refractivity contribution in [2.75, 3.05) is 64.5 Å². The Morgan fingerprint density at radius 3 is 2.25 bits per heavy atom. The summed E-state index contributed by atoms with van der Waals surface area (Å²) >= 11 is 0. The summed E-state index contributed by atoms with van der Waals surface area (Å²) < 4.78 is 27.3. The van der Waals surface area contributed by atoms with Gasteiger partial charge in [0.2, 0.25) is 5.91 Å². The van der Waals surface area contributed by atoms with Crippen LogP contribution >= 0.6 is 24.0 Å². The first-order valence-corrected chi connectivity index (χ1v) is 9.93. The van der Waals surface area contributed by atoms with Gasteiger partial charge in [0.1, 0.15) is 9.84 Å². The first kappa shape index (κ1) is 23.4. The van der Waals surface area contributed by atoms with Crippen molar-refractivity contribution in [3.8, 4) is 0 Å². The minimum atomic E-state index is -2.98. The highest BCUT2D eigenvalue weighted by Crippen LogP contribution is 2.02. The summed E-state index contributed by atoms with van der Waals surface area (Å²) in [6.45, 7) is 8.31. The van der Waals surface area contributed by atoms with E-state index in [2.05, 4.69) is 15.2 Å². The molecule has 0 unspecified atom stereocenters. The minimum absolute atomic E-state index is 0. The number of carbonyl (C=O) groups is 1. The third-order valence-corrected chi connectivity index (χ3v) is 4.36. The summed E-state index contributed by atoms with van der Waals surface area (Å²) in [5.74, 6) is 0.942. The molecule has 0 aliphatic carbocycles. The molecular weight excluding hydrogens is 447 g/mol. The van der Waals surface area contributed by atoms with Gasteiger partial charge in [-0.2, -0.15) is 0 Å². The summed E-state index contributed by atoms with van der Waals surface area (Å²) in [5, 5.41) is 3.23. The van der Waals surface area contributed by atoms with Crippen LogP contribution in [0.1, 0.15) is 13.8 Å². The van der Waals surface area contributed by atoms with Crippen LogP contribution in [0.15, 0.2) is 4.99 Å². The summed E-state index contributed by atoms with van der Waals surface area (Å²) in [4.78, 5) is 19.8. The van der Waals surface area contributed by atoms with Crippen LogP contribution in [0.4, 0.5) is 0 Å². The fourth-order valence-electron chi connectivity index (χ4n) is 2.19. The molecule has 142 valence electrons. The van der Waals surface area contributed by atoms with Crippen molar-refractivity contribution in [1.82, 2.24) is 15.1 Å². The van der Waals surface area contributed by atoms with E-state index in [9.17, 15) is 13.2 Å². The molecular formula is C14H29IN4O4S. The number of halogens is 1. The fourth-order valence-corrected chi connectivity index (χ4v) is 2.61. The molecule has 1 rings (SSSR count). The minimum Gasteiger partial charge on any atom is -0.378 e. The molecule has 0 aromatic heterocycles. The highest BCUT2D eigenvalue weighted by atomic mass is 127. The molecule has 1 N–H and O–H groups in total. The average molecular weight is 476 g/mol. The van der Waals surface area contributed by atoms with E-state index < -0.39 is 9.84 Å². The number of aliphatic imine (C=N–C) groups is 1. The Morgan fingerprint density at radius 2 is 1.75 bits per heavy atom. The Morgan fingerprint density at radius 1 is 1.17 bits per heavy atom. The molecule has 0 aromatic rings.